The second-order valence-electron chi connectivity index (χ2n) is 5.56. The molecule has 0 radical (unpaired) electrons. The maximum Gasteiger partial charge on any atom is 0.137 e. The molecule has 0 aliphatic heterocycles. The molecular formula is C15H20O2. The van der Waals surface area contributed by atoms with Crippen LogP contribution >= 0.6 is 0 Å². The van der Waals surface area contributed by atoms with Gasteiger partial charge in [0.2, 0.25) is 0 Å². The van der Waals surface area contributed by atoms with E-state index >= 15 is 0 Å². The maximum atomic E-state index is 12.2. The fourth-order valence-electron chi connectivity index (χ4n) is 3.63. The maximum absolute atomic E-state index is 12.2. The Balaban J connectivity index is 2.48. The first-order valence-electron chi connectivity index (χ1n) is 6.33. The summed E-state index contributed by atoms with van der Waals surface area (Å²) in [6.07, 6.45) is 12.3. The van der Waals surface area contributed by atoms with E-state index in [1.807, 2.05) is 0 Å². The minimum absolute atomic E-state index is 0.159. The van der Waals surface area contributed by atoms with Gasteiger partial charge in [-0.25, -0.2) is 0 Å². The van der Waals surface area contributed by atoms with E-state index in [-0.39, 0.29) is 22.4 Å². The summed E-state index contributed by atoms with van der Waals surface area (Å²) in [5.41, 5.74) is -0.490. The summed E-state index contributed by atoms with van der Waals surface area (Å²) in [6, 6.07) is 0. The SMILES string of the molecule is CC(=O)CC12CC=CCC1(C(C)=O)CC=CC2. The Morgan fingerprint density at radius 3 is 1.82 bits per heavy atom. The van der Waals surface area contributed by atoms with E-state index in [0.717, 1.165) is 25.7 Å². The van der Waals surface area contributed by atoms with Gasteiger partial charge in [0, 0.05) is 11.8 Å². The molecular weight excluding hydrogens is 212 g/mol. The number of Topliss-reactive ketones (excluding diaryl/α,β-unsaturated/α-hetero) is 2. The van der Waals surface area contributed by atoms with Crippen LogP contribution < -0.4 is 0 Å². The van der Waals surface area contributed by atoms with Crippen molar-refractivity contribution in [3.8, 4) is 0 Å². The Labute approximate surface area is 103 Å². The minimum Gasteiger partial charge on any atom is -0.300 e. The molecule has 0 amide bonds. The number of carbonyl (C=O) groups is 2. The van der Waals surface area contributed by atoms with Gasteiger partial charge < -0.3 is 4.79 Å². The topological polar surface area (TPSA) is 34.1 Å². The van der Waals surface area contributed by atoms with Crippen LogP contribution in [0.25, 0.3) is 0 Å². The highest BCUT2D eigenvalue weighted by atomic mass is 16.1. The van der Waals surface area contributed by atoms with Gasteiger partial charge in [0.25, 0.3) is 0 Å². The molecule has 0 spiro atoms. The zero-order valence-corrected chi connectivity index (χ0v) is 10.7. The molecule has 0 aromatic rings. The number of hydrogen-bond acceptors (Lipinski definition) is 2. The molecule has 2 rings (SSSR count). The lowest BCUT2D eigenvalue weighted by atomic mass is 9.50. The zero-order chi connectivity index (χ0) is 12.5. The van der Waals surface area contributed by atoms with E-state index in [1.54, 1.807) is 13.8 Å². The molecule has 0 fully saturated rings. The standard InChI is InChI=1S/C15H20O2/c1-12(16)11-14-7-3-5-9-15(14,13(2)17)10-6-4-8-14/h3-6H,7-11H2,1-2H3. The highest BCUT2D eigenvalue weighted by molar-refractivity contribution is 5.86. The van der Waals surface area contributed by atoms with Crippen molar-refractivity contribution in [1.82, 2.24) is 0 Å². The van der Waals surface area contributed by atoms with Crippen molar-refractivity contribution in [2.45, 2.75) is 46.0 Å². The van der Waals surface area contributed by atoms with Gasteiger partial charge in [-0.1, -0.05) is 24.3 Å². The van der Waals surface area contributed by atoms with Crippen molar-refractivity contribution in [3.05, 3.63) is 24.3 Å². The molecule has 2 nitrogen and oxygen atoms in total. The lowest BCUT2D eigenvalue weighted by Crippen LogP contribution is -2.50. The molecule has 0 aromatic carbocycles. The van der Waals surface area contributed by atoms with Gasteiger partial charge in [-0.05, 0) is 44.9 Å². The highest BCUT2D eigenvalue weighted by Gasteiger charge is 2.54. The van der Waals surface area contributed by atoms with E-state index in [9.17, 15) is 9.59 Å². The van der Waals surface area contributed by atoms with Crippen LogP contribution in [0, 0.1) is 10.8 Å². The van der Waals surface area contributed by atoms with Crippen LogP contribution in [0.5, 0.6) is 0 Å². The van der Waals surface area contributed by atoms with Crippen molar-refractivity contribution in [2.24, 2.45) is 10.8 Å². The molecule has 0 aromatic heterocycles. The first kappa shape index (κ1) is 12.3. The predicted molar refractivity (Wildman–Crippen MR) is 67.6 cm³/mol. The molecule has 2 aliphatic carbocycles. The second-order valence-corrected chi connectivity index (χ2v) is 5.56. The van der Waals surface area contributed by atoms with Crippen molar-refractivity contribution >= 4 is 11.6 Å². The number of rotatable bonds is 3. The largest absolute Gasteiger partial charge is 0.300 e. The third kappa shape index (κ3) is 1.80. The van der Waals surface area contributed by atoms with E-state index in [1.165, 1.54) is 0 Å². The highest BCUT2D eigenvalue weighted by Crippen LogP contribution is 2.57. The average molecular weight is 232 g/mol. The Kier molecular flexibility index (Phi) is 3.07. The van der Waals surface area contributed by atoms with Crippen LogP contribution in [-0.4, -0.2) is 11.6 Å². The molecule has 0 N–H and O–H groups in total. The first-order valence-corrected chi connectivity index (χ1v) is 6.33. The van der Waals surface area contributed by atoms with E-state index in [0.29, 0.717) is 6.42 Å². The molecule has 0 bridgehead atoms. The third-order valence-corrected chi connectivity index (χ3v) is 4.56. The Bertz CT molecular complexity index is 383. The summed E-state index contributed by atoms with van der Waals surface area (Å²) in [4.78, 5) is 23.7. The van der Waals surface area contributed by atoms with Crippen LogP contribution in [0.15, 0.2) is 24.3 Å². The Morgan fingerprint density at radius 2 is 1.41 bits per heavy atom. The lowest BCUT2D eigenvalue weighted by molar-refractivity contribution is -0.139. The Hall–Kier alpha value is -1.18. The second kappa shape index (κ2) is 4.25. The van der Waals surface area contributed by atoms with Gasteiger partial charge in [0.05, 0.1) is 0 Å². The molecule has 0 saturated heterocycles. The van der Waals surface area contributed by atoms with Gasteiger partial charge in [-0.2, -0.15) is 0 Å². The van der Waals surface area contributed by atoms with Crippen molar-refractivity contribution < 1.29 is 9.59 Å². The lowest BCUT2D eigenvalue weighted by Gasteiger charge is -2.52. The van der Waals surface area contributed by atoms with Crippen LogP contribution in [0.1, 0.15) is 46.0 Å². The van der Waals surface area contributed by atoms with Gasteiger partial charge in [-0.3, -0.25) is 4.79 Å². The molecule has 0 atom stereocenters. The summed E-state index contributed by atoms with van der Waals surface area (Å²) < 4.78 is 0. The van der Waals surface area contributed by atoms with Gasteiger partial charge in [-0.15, -0.1) is 0 Å². The number of carbonyl (C=O) groups excluding carboxylic acids is 2. The smallest absolute Gasteiger partial charge is 0.137 e. The van der Waals surface area contributed by atoms with E-state index in [2.05, 4.69) is 24.3 Å². The number of ketones is 2. The van der Waals surface area contributed by atoms with E-state index < -0.39 is 0 Å². The molecule has 92 valence electrons. The summed E-state index contributed by atoms with van der Waals surface area (Å²) in [6.45, 7) is 3.32. The van der Waals surface area contributed by atoms with Crippen molar-refractivity contribution in [2.75, 3.05) is 0 Å². The molecule has 0 heterocycles. The zero-order valence-electron chi connectivity index (χ0n) is 10.7. The normalized spacial score (nSPS) is 35.4. The number of fused-ring (bicyclic) bond motifs is 1. The monoisotopic (exact) mass is 232 g/mol. The average Bonchev–Trinajstić information content (AvgIpc) is 2.27. The fourth-order valence-corrected chi connectivity index (χ4v) is 3.63. The first-order chi connectivity index (χ1) is 8.02. The van der Waals surface area contributed by atoms with Gasteiger partial charge in [0.15, 0.2) is 0 Å². The van der Waals surface area contributed by atoms with Crippen LogP contribution in [0.2, 0.25) is 0 Å². The van der Waals surface area contributed by atoms with Crippen LogP contribution in [0.3, 0.4) is 0 Å². The summed E-state index contributed by atoms with van der Waals surface area (Å²) in [5.74, 6) is 0.439. The van der Waals surface area contributed by atoms with Gasteiger partial charge in [0.1, 0.15) is 11.6 Å². The predicted octanol–water partition coefficient (Wildman–Crippen LogP) is 3.23. The number of allylic oxidation sites excluding steroid dienone is 4. The third-order valence-electron chi connectivity index (χ3n) is 4.56. The van der Waals surface area contributed by atoms with Crippen LogP contribution in [0.4, 0.5) is 0 Å². The molecule has 0 unspecified atom stereocenters. The molecule has 17 heavy (non-hydrogen) atoms. The molecule has 0 saturated carbocycles. The summed E-state index contributed by atoms with van der Waals surface area (Å²) in [5, 5.41) is 0. The summed E-state index contributed by atoms with van der Waals surface area (Å²) >= 11 is 0. The number of hydrogen-bond donors (Lipinski definition) is 0. The van der Waals surface area contributed by atoms with Gasteiger partial charge >= 0.3 is 0 Å². The minimum atomic E-state index is -0.331. The van der Waals surface area contributed by atoms with Crippen molar-refractivity contribution in [3.63, 3.8) is 0 Å². The summed E-state index contributed by atoms with van der Waals surface area (Å²) in [7, 11) is 0. The van der Waals surface area contributed by atoms with E-state index in [4.69, 9.17) is 0 Å². The fraction of sp³-hybridized carbons (Fsp3) is 0.600. The van der Waals surface area contributed by atoms with Crippen molar-refractivity contribution in [1.29, 1.82) is 0 Å². The quantitative estimate of drug-likeness (QED) is 0.700. The van der Waals surface area contributed by atoms with Crippen LogP contribution in [-0.2, 0) is 9.59 Å². The Morgan fingerprint density at radius 1 is 0.941 bits per heavy atom. The molecule has 2 aliphatic rings. The molecule has 2 heteroatoms.